The molecule has 0 aromatic heterocycles. The molecule has 1 aromatic carbocycles. The molecule has 2 rings (SSSR count). The van der Waals surface area contributed by atoms with Crippen LogP contribution in [0.2, 0.25) is 0 Å². The van der Waals surface area contributed by atoms with Crippen LogP contribution in [-0.2, 0) is 10.2 Å². The number of carbonyl (C=O) groups is 1. The van der Waals surface area contributed by atoms with Gasteiger partial charge in [0.1, 0.15) is 11.5 Å². The molecule has 0 aliphatic carbocycles. The fourth-order valence-corrected chi connectivity index (χ4v) is 1.45. The number of hydrogen-bond acceptors (Lipinski definition) is 3. The van der Waals surface area contributed by atoms with Gasteiger partial charge in [-0.2, -0.15) is 0 Å². The lowest BCUT2D eigenvalue weighted by molar-refractivity contribution is -0.137. The van der Waals surface area contributed by atoms with E-state index >= 15 is 0 Å². The molecular formula is C10H10O3. The highest BCUT2D eigenvalue weighted by Gasteiger charge is 2.40. The van der Waals surface area contributed by atoms with E-state index in [1.807, 2.05) is 0 Å². The minimum absolute atomic E-state index is 0.115. The number of phenols is 1. The first kappa shape index (κ1) is 8.10. The van der Waals surface area contributed by atoms with E-state index in [2.05, 4.69) is 0 Å². The molecule has 13 heavy (non-hydrogen) atoms. The van der Waals surface area contributed by atoms with Crippen LogP contribution in [0.5, 0.6) is 11.5 Å². The molecule has 0 saturated carbocycles. The van der Waals surface area contributed by atoms with Crippen LogP contribution < -0.4 is 4.74 Å². The van der Waals surface area contributed by atoms with E-state index in [1.54, 1.807) is 26.0 Å². The van der Waals surface area contributed by atoms with E-state index in [9.17, 15) is 4.79 Å². The molecule has 68 valence electrons. The Kier molecular flexibility index (Phi) is 1.40. The second-order valence-electron chi connectivity index (χ2n) is 3.69. The van der Waals surface area contributed by atoms with Crippen molar-refractivity contribution in [2.24, 2.45) is 0 Å². The Morgan fingerprint density at radius 3 is 2.77 bits per heavy atom. The molecule has 0 atom stereocenters. The Bertz CT molecular complexity index is 380. The smallest absolute Gasteiger partial charge is 0.321 e. The van der Waals surface area contributed by atoms with Gasteiger partial charge in [-0.3, -0.25) is 4.79 Å². The van der Waals surface area contributed by atoms with Gasteiger partial charge in [-0.05, 0) is 19.9 Å². The van der Waals surface area contributed by atoms with Gasteiger partial charge in [0.15, 0.2) is 0 Å². The maximum atomic E-state index is 11.4. The summed E-state index contributed by atoms with van der Waals surface area (Å²) in [6, 6.07) is 4.74. The Balaban J connectivity index is 2.62. The van der Waals surface area contributed by atoms with Crippen LogP contribution in [0.4, 0.5) is 0 Å². The number of hydrogen-bond donors (Lipinski definition) is 1. The summed E-state index contributed by atoms with van der Waals surface area (Å²) in [7, 11) is 0. The van der Waals surface area contributed by atoms with Gasteiger partial charge in [-0.15, -0.1) is 0 Å². The fourth-order valence-electron chi connectivity index (χ4n) is 1.45. The normalized spacial score (nSPS) is 18.2. The number of phenolic OH excluding ortho intramolecular Hbond substituents is 1. The largest absolute Gasteiger partial charge is 0.508 e. The van der Waals surface area contributed by atoms with Gasteiger partial charge in [0.25, 0.3) is 0 Å². The lowest BCUT2D eigenvalue weighted by atomic mass is 9.86. The van der Waals surface area contributed by atoms with Gasteiger partial charge in [0.2, 0.25) is 0 Å². The van der Waals surface area contributed by atoms with Gasteiger partial charge >= 0.3 is 5.97 Å². The summed E-state index contributed by atoms with van der Waals surface area (Å²) in [5.74, 6) is 0.312. The van der Waals surface area contributed by atoms with Crippen molar-refractivity contribution in [1.29, 1.82) is 0 Å². The van der Waals surface area contributed by atoms with Crippen molar-refractivity contribution in [3.05, 3.63) is 23.8 Å². The van der Waals surface area contributed by atoms with Gasteiger partial charge < -0.3 is 9.84 Å². The average Bonchev–Trinajstić information content (AvgIpc) is 2.23. The molecule has 0 radical (unpaired) electrons. The molecule has 1 N–H and O–H groups in total. The fraction of sp³-hybridized carbons (Fsp3) is 0.300. The van der Waals surface area contributed by atoms with E-state index in [0.717, 1.165) is 5.56 Å². The molecule has 0 unspecified atom stereocenters. The topological polar surface area (TPSA) is 46.5 Å². The van der Waals surface area contributed by atoms with Crippen LogP contribution in [0, 0.1) is 0 Å². The number of esters is 1. The maximum Gasteiger partial charge on any atom is 0.321 e. The Labute approximate surface area is 76.0 Å². The number of aromatic hydroxyl groups is 1. The summed E-state index contributed by atoms with van der Waals surface area (Å²) in [5.41, 5.74) is 0.235. The minimum atomic E-state index is -0.594. The van der Waals surface area contributed by atoms with Crippen LogP contribution in [-0.4, -0.2) is 11.1 Å². The summed E-state index contributed by atoms with van der Waals surface area (Å²) in [6.07, 6.45) is 0. The molecule has 3 heteroatoms. The summed E-state index contributed by atoms with van der Waals surface area (Å²) in [4.78, 5) is 11.4. The number of benzene rings is 1. The molecule has 0 bridgehead atoms. The van der Waals surface area contributed by atoms with E-state index in [1.165, 1.54) is 6.07 Å². The Hall–Kier alpha value is -1.51. The zero-order valence-electron chi connectivity index (χ0n) is 7.50. The number of fused-ring (bicyclic) bond motifs is 1. The second kappa shape index (κ2) is 2.25. The first-order valence-corrected chi connectivity index (χ1v) is 4.07. The summed E-state index contributed by atoms with van der Waals surface area (Å²) in [5, 5.41) is 9.16. The van der Waals surface area contributed by atoms with E-state index in [-0.39, 0.29) is 11.7 Å². The lowest BCUT2D eigenvalue weighted by Gasteiger charge is -2.11. The zero-order chi connectivity index (χ0) is 9.64. The summed E-state index contributed by atoms with van der Waals surface area (Å²) in [6.45, 7) is 3.61. The number of carbonyl (C=O) groups excluding carboxylic acids is 1. The number of rotatable bonds is 0. The highest BCUT2D eigenvalue weighted by molar-refractivity contribution is 5.89. The molecule has 1 aliphatic heterocycles. The first-order valence-electron chi connectivity index (χ1n) is 4.07. The van der Waals surface area contributed by atoms with Crippen LogP contribution in [0.15, 0.2) is 18.2 Å². The van der Waals surface area contributed by atoms with Gasteiger partial charge in [-0.25, -0.2) is 0 Å². The van der Waals surface area contributed by atoms with E-state index in [4.69, 9.17) is 9.84 Å². The predicted molar refractivity (Wildman–Crippen MR) is 46.8 cm³/mol. The van der Waals surface area contributed by atoms with Crippen LogP contribution >= 0.6 is 0 Å². The van der Waals surface area contributed by atoms with Crippen molar-refractivity contribution in [2.75, 3.05) is 0 Å². The Morgan fingerprint density at radius 1 is 1.38 bits per heavy atom. The van der Waals surface area contributed by atoms with Crippen molar-refractivity contribution in [3.8, 4) is 11.5 Å². The lowest BCUT2D eigenvalue weighted by Crippen LogP contribution is -2.25. The molecule has 0 amide bonds. The monoisotopic (exact) mass is 178 g/mol. The second-order valence-corrected chi connectivity index (χ2v) is 3.69. The first-order chi connectivity index (χ1) is 6.01. The van der Waals surface area contributed by atoms with Crippen LogP contribution in [0.1, 0.15) is 19.4 Å². The highest BCUT2D eigenvalue weighted by atomic mass is 16.5. The molecule has 1 aliphatic rings. The molecule has 0 fully saturated rings. The predicted octanol–water partition coefficient (Wildman–Crippen LogP) is 1.59. The molecular weight excluding hydrogens is 168 g/mol. The molecule has 1 aromatic rings. The van der Waals surface area contributed by atoms with Crippen LogP contribution in [0.25, 0.3) is 0 Å². The molecule has 3 nitrogen and oxygen atoms in total. The minimum Gasteiger partial charge on any atom is -0.508 e. The van der Waals surface area contributed by atoms with Gasteiger partial charge in [-0.1, -0.05) is 6.07 Å². The van der Waals surface area contributed by atoms with E-state index in [0.29, 0.717) is 5.75 Å². The third kappa shape index (κ3) is 1.00. The third-order valence-corrected chi connectivity index (χ3v) is 2.35. The Morgan fingerprint density at radius 2 is 2.08 bits per heavy atom. The molecule has 0 spiro atoms. The van der Waals surface area contributed by atoms with E-state index < -0.39 is 5.41 Å². The maximum absolute atomic E-state index is 11.4. The summed E-state index contributed by atoms with van der Waals surface area (Å²) >= 11 is 0. The van der Waals surface area contributed by atoms with Crippen molar-refractivity contribution < 1.29 is 14.6 Å². The van der Waals surface area contributed by atoms with Crippen LogP contribution in [0.3, 0.4) is 0 Å². The van der Waals surface area contributed by atoms with Gasteiger partial charge in [0, 0.05) is 11.6 Å². The number of ether oxygens (including phenoxy) is 1. The average molecular weight is 178 g/mol. The van der Waals surface area contributed by atoms with Crippen molar-refractivity contribution in [1.82, 2.24) is 0 Å². The van der Waals surface area contributed by atoms with Crippen molar-refractivity contribution in [2.45, 2.75) is 19.3 Å². The summed E-state index contributed by atoms with van der Waals surface area (Å²) < 4.78 is 5.00. The molecule has 1 heterocycles. The third-order valence-electron chi connectivity index (χ3n) is 2.35. The highest BCUT2D eigenvalue weighted by Crippen LogP contribution is 2.40. The quantitative estimate of drug-likeness (QED) is 0.484. The van der Waals surface area contributed by atoms with Gasteiger partial charge in [0.05, 0.1) is 5.41 Å². The SMILES string of the molecule is CC1(C)C(=O)Oc2cc(O)ccc21. The van der Waals surface area contributed by atoms with Crippen molar-refractivity contribution >= 4 is 5.97 Å². The molecule has 0 saturated heterocycles. The van der Waals surface area contributed by atoms with Crippen molar-refractivity contribution in [3.63, 3.8) is 0 Å². The standard InChI is InChI=1S/C10H10O3/c1-10(2)7-4-3-6(11)5-8(7)13-9(10)12/h3-5,11H,1-2H3. The zero-order valence-corrected chi connectivity index (χ0v) is 7.50.